The Labute approximate surface area is 97.7 Å². The molecule has 0 aromatic rings. The monoisotopic (exact) mass is 229 g/mol. The summed E-state index contributed by atoms with van der Waals surface area (Å²) < 4.78 is 10.7. The van der Waals surface area contributed by atoms with Crippen molar-refractivity contribution in [3.05, 3.63) is 0 Å². The van der Waals surface area contributed by atoms with Crippen LogP contribution in [0.1, 0.15) is 0 Å². The molecule has 0 spiro atoms. The van der Waals surface area contributed by atoms with E-state index in [1.807, 2.05) is 0 Å². The Morgan fingerprint density at radius 3 is 2.12 bits per heavy atom. The molecule has 0 amide bonds. The lowest BCUT2D eigenvalue weighted by atomic mass is 10.1. The smallest absolute Gasteiger partial charge is 0.193 e. The van der Waals surface area contributed by atoms with E-state index in [-0.39, 0.29) is 5.79 Å². The zero-order chi connectivity index (χ0) is 11.4. The highest BCUT2D eigenvalue weighted by atomic mass is 16.7. The van der Waals surface area contributed by atoms with Crippen LogP contribution in [0.4, 0.5) is 0 Å². The van der Waals surface area contributed by atoms with E-state index in [2.05, 4.69) is 15.1 Å². The first-order valence-corrected chi connectivity index (χ1v) is 6.04. The van der Waals surface area contributed by atoms with Crippen LogP contribution in [-0.2, 0) is 9.47 Å². The van der Waals surface area contributed by atoms with Crippen LogP contribution in [0.2, 0.25) is 0 Å². The molecule has 0 aromatic carbocycles. The Balaban J connectivity index is 1.62. The third-order valence-electron chi connectivity index (χ3n) is 3.62. The standard InChI is InChI=1S/C11H23N3O2/c1-15-11(16-2)9-14(10-11)8-7-13-5-3-12-4-6-13/h12H,3-10H2,1-2H3. The van der Waals surface area contributed by atoms with Crippen molar-refractivity contribution in [2.75, 3.05) is 66.6 Å². The van der Waals surface area contributed by atoms with E-state index < -0.39 is 0 Å². The number of rotatable bonds is 5. The van der Waals surface area contributed by atoms with Gasteiger partial charge in [0.1, 0.15) is 0 Å². The van der Waals surface area contributed by atoms with Crippen molar-refractivity contribution in [3.8, 4) is 0 Å². The number of ether oxygens (including phenoxy) is 2. The molecule has 0 unspecified atom stereocenters. The first kappa shape index (κ1) is 12.3. The second kappa shape index (κ2) is 5.42. The molecule has 0 radical (unpaired) electrons. The molecular weight excluding hydrogens is 206 g/mol. The Hall–Kier alpha value is -0.200. The highest BCUT2D eigenvalue weighted by Gasteiger charge is 2.43. The van der Waals surface area contributed by atoms with Crippen molar-refractivity contribution >= 4 is 0 Å². The van der Waals surface area contributed by atoms with Crippen molar-refractivity contribution in [3.63, 3.8) is 0 Å². The minimum atomic E-state index is -0.330. The summed E-state index contributed by atoms with van der Waals surface area (Å²) in [7, 11) is 3.44. The summed E-state index contributed by atoms with van der Waals surface area (Å²) >= 11 is 0. The van der Waals surface area contributed by atoms with Gasteiger partial charge in [0.05, 0.1) is 13.1 Å². The fraction of sp³-hybridized carbons (Fsp3) is 1.00. The van der Waals surface area contributed by atoms with Crippen LogP contribution < -0.4 is 5.32 Å². The fourth-order valence-electron chi connectivity index (χ4n) is 2.35. The molecule has 0 aliphatic carbocycles. The van der Waals surface area contributed by atoms with Gasteiger partial charge in [-0.2, -0.15) is 0 Å². The zero-order valence-electron chi connectivity index (χ0n) is 10.4. The highest BCUT2D eigenvalue weighted by Crippen LogP contribution is 2.24. The molecule has 0 aromatic heterocycles. The molecule has 2 aliphatic rings. The van der Waals surface area contributed by atoms with Crippen molar-refractivity contribution in [1.82, 2.24) is 15.1 Å². The molecule has 0 saturated carbocycles. The Bertz CT molecular complexity index is 207. The topological polar surface area (TPSA) is 37.0 Å². The molecule has 2 rings (SSSR count). The zero-order valence-corrected chi connectivity index (χ0v) is 10.4. The predicted octanol–water partition coefficient (Wildman–Crippen LogP) is -0.804. The van der Waals surface area contributed by atoms with Crippen LogP contribution in [0.25, 0.3) is 0 Å². The molecular formula is C11H23N3O2. The maximum atomic E-state index is 5.36. The second-order valence-electron chi connectivity index (χ2n) is 4.62. The van der Waals surface area contributed by atoms with Crippen molar-refractivity contribution in [2.24, 2.45) is 0 Å². The summed E-state index contributed by atoms with van der Waals surface area (Å²) in [5.41, 5.74) is 0. The van der Waals surface area contributed by atoms with Gasteiger partial charge in [-0.25, -0.2) is 0 Å². The summed E-state index contributed by atoms with van der Waals surface area (Å²) in [6, 6.07) is 0. The van der Waals surface area contributed by atoms with Crippen LogP contribution in [0.5, 0.6) is 0 Å². The molecule has 1 N–H and O–H groups in total. The summed E-state index contributed by atoms with van der Waals surface area (Å²) in [6.45, 7) is 8.67. The van der Waals surface area contributed by atoms with Crippen LogP contribution >= 0.6 is 0 Å². The van der Waals surface area contributed by atoms with Gasteiger partial charge < -0.3 is 14.8 Å². The molecule has 2 fully saturated rings. The number of likely N-dealkylation sites (tertiary alicyclic amines) is 1. The number of nitrogens with one attached hydrogen (secondary N) is 1. The quantitative estimate of drug-likeness (QED) is 0.625. The fourth-order valence-corrected chi connectivity index (χ4v) is 2.35. The number of methoxy groups -OCH3 is 2. The molecule has 0 atom stereocenters. The Morgan fingerprint density at radius 1 is 1.00 bits per heavy atom. The van der Waals surface area contributed by atoms with Gasteiger partial charge in [-0.15, -0.1) is 0 Å². The van der Waals surface area contributed by atoms with Gasteiger partial charge in [0.25, 0.3) is 0 Å². The molecule has 2 aliphatic heterocycles. The van der Waals surface area contributed by atoms with Crippen LogP contribution in [-0.4, -0.2) is 82.2 Å². The van der Waals surface area contributed by atoms with Crippen LogP contribution in [0.15, 0.2) is 0 Å². The van der Waals surface area contributed by atoms with E-state index in [4.69, 9.17) is 9.47 Å². The Kier molecular flexibility index (Phi) is 4.16. The minimum Gasteiger partial charge on any atom is -0.351 e. The van der Waals surface area contributed by atoms with Crippen molar-refractivity contribution in [2.45, 2.75) is 5.79 Å². The molecule has 94 valence electrons. The lowest BCUT2D eigenvalue weighted by molar-refractivity contribution is -0.275. The van der Waals surface area contributed by atoms with E-state index in [1.54, 1.807) is 14.2 Å². The van der Waals surface area contributed by atoms with Gasteiger partial charge in [-0.05, 0) is 0 Å². The van der Waals surface area contributed by atoms with E-state index in [9.17, 15) is 0 Å². The third kappa shape index (κ3) is 2.73. The average molecular weight is 229 g/mol. The van der Waals surface area contributed by atoms with E-state index in [0.717, 1.165) is 39.3 Å². The molecule has 0 bridgehead atoms. The third-order valence-corrected chi connectivity index (χ3v) is 3.62. The van der Waals surface area contributed by atoms with Gasteiger partial charge in [0.2, 0.25) is 0 Å². The predicted molar refractivity (Wildman–Crippen MR) is 62.5 cm³/mol. The normalized spacial score (nSPS) is 26.6. The number of nitrogens with zero attached hydrogens (tertiary/aromatic N) is 2. The summed E-state index contributed by atoms with van der Waals surface area (Å²) in [5, 5.41) is 3.37. The van der Waals surface area contributed by atoms with Gasteiger partial charge in [-0.3, -0.25) is 9.80 Å². The van der Waals surface area contributed by atoms with Crippen LogP contribution in [0.3, 0.4) is 0 Å². The molecule has 2 heterocycles. The van der Waals surface area contributed by atoms with E-state index >= 15 is 0 Å². The Morgan fingerprint density at radius 2 is 1.56 bits per heavy atom. The molecule has 16 heavy (non-hydrogen) atoms. The summed E-state index contributed by atoms with van der Waals surface area (Å²) in [4.78, 5) is 4.89. The SMILES string of the molecule is COC1(OC)CN(CCN2CCNCC2)C1. The summed E-state index contributed by atoms with van der Waals surface area (Å²) in [5.74, 6) is -0.330. The van der Waals surface area contributed by atoms with E-state index in [1.165, 1.54) is 13.1 Å². The minimum absolute atomic E-state index is 0.330. The van der Waals surface area contributed by atoms with Crippen LogP contribution in [0, 0.1) is 0 Å². The highest BCUT2D eigenvalue weighted by molar-refractivity contribution is 4.89. The van der Waals surface area contributed by atoms with Crippen molar-refractivity contribution < 1.29 is 9.47 Å². The van der Waals surface area contributed by atoms with Gasteiger partial charge in [-0.1, -0.05) is 0 Å². The maximum Gasteiger partial charge on any atom is 0.193 e. The van der Waals surface area contributed by atoms with Gasteiger partial charge >= 0.3 is 0 Å². The van der Waals surface area contributed by atoms with Gasteiger partial charge in [0.15, 0.2) is 5.79 Å². The summed E-state index contributed by atoms with van der Waals surface area (Å²) in [6.07, 6.45) is 0. The number of hydrogen-bond donors (Lipinski definition) is 1. The number of piperazine rings is 1. The van der Waals surface area contributed by atoms with E-state index in [0.29, 0.717) is 0 Å². The average Bonchev–Trinajstić information content (AvgIpc) is 2.30. The largest absolute Gasteiger partial charge is 0.351 e. The lowest BCUT2D eigenvalue weighted by Crippen LogP contribution is -2.64. The maximum absolute atomic E-state index is 5.36. The number of hydrogen-bond acceptors (Lipinski definition) is 5. The first-order valence-electron chi connectivity index (χ1n) is 6.04. The molecule has 2 saturated heterocycles. The lowest BCUT2D eigenvalue weighted by Gasteiger charge is -2.48. The van der Waals surface area contributed by atoms with Gasteiger partial charge in [0, 0.05) is 53.5 Å². The molecule has 5 nitrogen and oxygen atoms in total. The molecule has 5 heteroatoms. The first-order chi connectivity index (χ1) is 7.78. The van der Waals surface area contributed by atoms with Crippen molar-refractivity contribution in [1.29, 1.82) is 0 Å². The second-order valence-corrected chi connectivity index (χ2v) is 4.62.